The predicted octanol–water partition coefficient (Wildman–Crippen LogP) is 5.20. The number of carboxylic acid groups (broad SMARTS) is 1. The van der Waals surface area contributed by atoms with Gasteiger partial charge in [0.25, 0.3) is 0 Å². The number of benzene rings is 2. The molecule has 0 spiro atoms. The molecule has 2 aromatic rings. The average Bonchev–Trinajstić information content (AvgIpc) is 3.38. The highest BCUT2D eigenvalue weighted by atomic mass is 35.5. The zero-order valence-corrected chi connectivity index (χ0v) is 21.4. The number of aliphatic carboxylic acids is 1. The Morgan fingerprint density at radius 1 is 1.17 bits per heavy atom. The highest BCUT2D eigenvalue weighted by molar-refractivity contribution is 6.42. The van der Waals surface area contributed by atoms with Crippen molar-refractivity contribution in [2.75, 3.05) is 36.9 Å². The number of rotatable bonds is 8. The molecule has 1 aliphatic heterocycles. The van der Waals surface area contributed by atoms with Gasteiger partial charge in [-0.1, -0.05) is 41.4 Å². The smallest absolute Gasteiger partial charge is 0.328 e. The van der Waals surface area contributed by atoms with E-state index in [2.05, 4.69) is 16.3 Å². The summed E-state index contributed by atoms with van der Waals surface area (Å²) in [7, 11) is 1.81. The third-order valence-corrected chi connectivity index (χ3v) is 7.68. The number of amides is 1. The van der Waals surface area contributed by atoms with Gasteiger partial charge in [0.1, 0.15) is 0 Å². The molecule has 1 amide bonds. The Morgan fingerprint density at radius 2 is 1.94 bits per heavy atom. The summed E-state index contributed by atoms with van der Waals surface area (Å²) in [5.41, 5.74) is 4.97. The van der Waals surface area contributed by atoms with E-state index < -0.39 is 5.97 Å². The summed E-state index contributed by atoms with van der Waals surface area (Å²) in [6.45, 7) is 2.63. The highest BCUT2D eigenvalue weighted by Crippen LogP contribution is 2.38. The molecule has 1 fully saturated rings. The van der Waals surface area contributed by atoms with Gasteiger partial charge in [-0.25, -0.2) is 4.79 Å². The van der Waals surface area contributed by atoms with E-state index in [4.69, 9.17) is 28.3 Å². The molecule has 2 N–H and O–H groups in total. The summed E-state index contributed by atoms with van der Waals surface area (Å²) in [5.74, 6) is -1.04. The third-order valence-electron chi connectivity index (χ3n) is 6.94. The zero-order chi connectivity index (χ0) is 24.9. The highest BCUT2D eigenvalue weighted by Gasteiger charge is 2.30. The van der Waals surface area contributed by atoms with E-state index >= 15 is 0 Å². The van der Waals surface area contributed by atoms with E-state index in [0.717, 1.165) is 55.4 Å². The van der Waals surface area contributed by atoms with Crippen LogP contribution in [-0.4, -0.2) is 54.6 Å². The molecule has 6 nitrogen and oxygen atoms in total. The monoisotopic (exact) mass is 515 g/mol. The second-order valence-corrected chi connectivity index (χ2v) is 10.1. The van der Waals surface area contributed by atoms with Gasteiger partial charge >= 0.3 is 5.97 Å². The maximum absolute atomic E-state index is 13.4. The van der Waals surface area contributed by atoms with Crippen molar-refractivity contribution in [3.05, 3.63) is 69.2 Å². The summed E-state index contributed by atoms with van der Waals surface area (Å²) in [6, 6.07) is 9.87. The number of carbonyl (C=O) groups excluding carboxylic acids is 1. The second-order valence-electron chi connectivity index (χ2n) is 9.24. The van der Waals surface area contributed by atoms with Crippen LogP contribution in [0.2, 0.25) is 10.0 Å². The van der Waals surface area contributed by atoms with Crippen LogP contribution in [0.25, 0.3) is 0 Å². The number of likely N-dealkylation sites (tertiary alicyclic amines) is 1. The number of hydrogen-bond donors (Lipinski definition) is 2. The molecular formula is C27H31Cl2N3O3. The lowest BCUT2D eigenvalue weighted by atomic mass is 9.85. The number of anilines is 2. The van der Waals surface area contributed by atoms with E-state index in [1.165, 1.54) is 24.0 Å². The van der Waals surface area contributed by atoms with Crippen LogP contribution in [0.3, 0.4) is 0 Å². The molecule has 0 unspecified atom stereocenters. The standard InChI is InChI=1S/C27H31Cl2N3O3/c1-31(25(33)16-18-6-10-22(28)23(29)15-18)27-21-17-20(32-13-2-3-14-32)9-7-19(21)8-11-24(27)30-12-4-5-26(34)35/h4-6,8,10-11,15,20,30H,2-3,7,9,12-14,16-17H2,1H3,(H,34,35)/t20-/m0/s1. The first-order valence-electron chi connectivity index (χ1n) is 12.1. The molecule has 8 heteroatoms. The van der Waals surface area contributed by atoms with Gasteiger partial charge in [-0.3, -0.25) is 4.79 Å². The van der Waals surface area contributed by atoms with E-state index in [-0.39, 0.29) is 12.3 Å². The maximum Gasteiger partial charge on any atom is 0.328 e. The van der Waals surface area contributed by atoms with Crippen LogP contribution in [0.4, 0.5) is 11.4 Å². The Morgan fingerprint density at radius 3 is 2.66 bits per heavy atom. The number of hydrogen-bond acceptors (Lipinski definition) is 4. The van der Waals surface area contributed by atoms with Crippen LogP contribution in [0.1, 0.15) is 36.0 Å². The van der Waals surface area contributed by atoms with Crippen LogP contribution < -0.4 is 10.2 Å². The fourth-order valence-corrected chi connectivity index (χ4v) is 5.46. The van der Waals surface area contributed by atoms with E-state index in [1.807, 2.05) is 19.2 Å². The molecule has 35 heavy (non-hydrogen) atoms. The molecule has 1 heterocycles. The first-order chi connectivity index (χ1) is 16.8. The molecule has 1 aliphatic carbocycles. The second kappa shape index (κ2) is 11.5. The number of likely N-dealkylation sites (N-methyl/N-ethyl adjacent to an activating group) is 1. The summed E-state index contributed by atoms with van der Waals surface area (Å²) >= 11 is 12.2. The van der Waals surface area contributed by atoms with Crippen molar-refractivity contribution >= 4 is 46.5 Å². The van der Waals surface area contributed by atoms with Crippen LogP contribution in [0.5, 0.6) is 0 Å². The molecule has 2 aromatic carbocycles. The Balaban J connectivity index is 1.63. The number of aryl methyl sites for hydroxylation is 1. The lowest BCUT2D eigenvalue weighted by Gasteiger charge is -2.35. The minimum Gasteiger partial charge on any atom is -0.478 e. The predicted molar refractivity (Wildman–Crippen MR) is 142 cm³/mol. The number of nitrogens with one attached hydrogen (secondary N) is 1. The van der Waals surface area contributed by atoms with Crippen LogP contribution in [0, 0.1) is 0 Å². The number of carbonyl (C=O) groups is 2. The zero-order valence-electron chi connectivity index (χ0n) is 19.9. The van der Waals surface area contributed by atoms with Gasteiger partial charge in [0.2, 0.25) is 5.91 Å². The van der Waals surface area contributed by atoms with Gasteiger partial charge in [-0.05, 0) is 80.1 Å². The summed E-state index contributed by atoms with van der Waals surface area (Å²) < 4.78 is 0. The first-order valence-corrected chi connectivity index (χ1v) is 12.8. The number of nitrogens with zero attached hydrogens (tertiary/aromatic N) is 2. The van der Waals surface area contributed by atoms with Gasteiger partial charge in [0, 0.05) is 25.7 Å². The maximum atomic E-state index is 13.4. The van der Waals surface area contributed by atoms with Gasteiger partial charge in [0.05, 0.1) is 27.8 Å². The van der Waals surface area contributed by atoms with Crippen LogP contribution in [-0.2, 0) is 28.9 Å². The number of fused-ring (bicyclic) bond motifs is 1. The molecule has 0 aromatic heterocycles. The molecular weight excluding hydrogens is 485 g/mol. The van der Waals surface area contributed by atoms with Crippen LogP contribution >= 0.6 is 23.2 Å². The molecule has 0 bridgehead atoms. The van der Waals surface area contributed by atoms with Crippen LogP contribution in [0.15, 0.2) is 42.5 Å². The van der Waals surface area contributed by atoms with Crippen molar-refractivity contribution in [3.8, 4) is 0 Å². The third kappa shape index (κ3) is 6.18. The summed E-state index contributed by atoms with van der Waals surface area (Å²) in [4.78, 5) is 28.6. The lowest BCUT2D eigenvalue weighted by Crippen LogP contribution is -2.38. The minimum absolute atomic E-state index is 0.0517. The van der Waals surface area contributed by atoms with E-state index in [1.54, 1.807) is 23.1 Å². The van der Waals surface area contributed by atoms with Crippen molar-refractivity contribution < 1.29 is 14.7 Å². The number of carboxylic acids is 1. The summed E-state index contributed by atoms with van der Waals surface area (Å²) in [6.07, 6.45) is 8.38. The molecule has 0 saturated carbocycles. The summed E-state index contributed by atoms with van der Waals surface area (Å²) in [5, 5.41) is 13.1. The van der Waals surface area contributed by atoms with Crippen molar-refractivity contribution in [1.82, 2.24) is 4.90 Å². The Kier molecular flexibility index (Phi) is 8.37. The molecule has 1 saturated heterocycles. The van der Waals surface area contributed by atoms with E-state index in [0.29, 0.717) is 22.6 Å². The largest absolute Gasteiger partial charge is 0.478 e. The lowest BCUT2D eigenvalue weighted by molar-refractivity contribution is -0.131. The Hall–Kier alpha value is -2.54. The normalized spacial score (nSPS) is 18.0. The molecule has 2 aliphatic rings. The SMILES string of the molecule is CN(C(=O)Cc1ccc(Cl)c(Cl)c1)c1c(NCC=CC(=O)O)ccc2c1C[C@@H](N1CCCC1)CC2. The molecule has 0 radical (unpaired) electrons. The van der Waals surface area contributed by atoms with Gasteiger partial charge in [0.15, 0.2) is 0 Å². The minimum atomic E-state index is -0.986. The number of halogens is 2. The Labute approximate surface area is 216 Å². The van der Waals surface area contributed by atoms with Crippen molar-refractivity contribution in [2.45, 2.75) is 44.6 Å². The Bertz CT molecular complexity index is 1130. The van der Waals surface area contributed by atoms with E-state index in [9.17, 15) is 9.59 Å². The van der Waals surface area contributed by atoms with Gasteiger partial charge in [-0.15, -0.1) is 0 Å². The van der Waals surface area contributed by atoms with Crippen molar-refractivity contribution in [3.63, 3.8) is 0 Å². The topological polar surface area (TPSA) is 72.9 Å². The molecule has 1 atom stereocenters. The fraction of sp³-hybridized carbons (Fsp3) is 0.407. The first kappa shape index (κ1) is 25.5. The van der Waals surface area contributed by atoms with Gasteiger partial charge in [-0.2, -0.15) is 0 Å². The molecule has 4 rings (SSSR count). The average molecular weight is 516 g/mol. The fourth-order valence-electron chi connectivity index (χ4n) is 5.14. The quantitative estimate of drug-likeness (QED) is 0.472. The van der Waals surface area contributed by atoms with Crippen molar-refractivity contribution in [2.24, 2.45) is 0 Å². The van der Waals surface area contributed by atoms with Gasteiger partial charge < -0.3 is 20.2 Å². The molecule has 186 valence electrons. The van der Waals surface area contributed by atoms with Crippen molar-refractivity contribution in [1.29, 1.82) is 0 Å².